The Morgan fingerprint density at radius 3 is 2.74 bits per heavy atom. The van der Waals surface area contributed by atoms with Gasteiger partial charge in [0.1, 0.15) is 11.6 Å². The van der Waals surface area contributed by atoms with Crippen molar-refractivity contribution in [1.29, 1.82) is 0 Å². The third kappa shape index (κ3) is 2.99. The number of nitrogens with zero attached hydrogens (tertiary/aromatic N) is 3. The molecule has 3 rings (SSSR count). The zero-order valence-electron chi connectivity index (χ0n) is 13.1. The molecule has 0 bridgehead atoms. The van der Waals surface area contributed by atoms with Crippen LogP contribution >= 0.6 is 0 Å². The van der Waals surface area contributed by atoms with Crippen LogP contribution in [0.25, 0.3) is 10.9 Å². The van der Waals surface area contributed by atoms with Crippen LogP contribution < -0.4 is 10.3 Å². The molecule has 0 aliphatic rings. The van der Waals surface area contributed by atoms with Crippen molar-refractivity contribution < 1.29 is 4.74 Å². The average molecular weight is 307 g/mol. The first kappa shape index (κ1) is 15.0. The number of rotatable bonds is 4. The summed E-state index contributed by atoms with van der Waals surface area (Å²) in [6.45, 7) is 4.26. The molecule has 0 atom stereocenters. The second-order valence-electron chi connectivity index (χ2n) is 5.01. The molecule has 0 unspecified atom stereocenters. The smallest absolute Gasteiger partial charge is 0.282 e. The summed E-state index contributed by atoms with van der Waals surface area (Å²) in [6.07, 6.45) is 1.62. The zero-order valence-corrected chi connectivity index (χ0v) is 13.1. The number of fused-ring (bicyclic) bond motifs is 1. The number of aryl methyl sites for hydroxylation is 1. The number of aromatic nitrogens is 2. The summed E-state index contributed by atoms with van der Waals surface area (Å²) in [4.78, 5) is 17.0. The summed E-state index contributed by atoms with van der Waals surface area (Å²) >= 11 is 0. The maximum atomic E-state index is 12.6. The van der Waals surface area contributed by atoms with Gasteiger partial charge in [-0.1, -0.05) is 24.3 Å². The summed E-state index contributed by atoms with van der Waals surface area (Å²) in [5.41, 5.74) is 1.31. The molecule has 1 heterocycles. The van der Waals surface area contributed by atoms with Crippen LogP contribution in [-0.4, -0.2) is 22.5 Å². The second kappa shape index (κ2) is 6.44. The number of benzene rings is 2. The Bertz CT molecular complexity index is 929. The molecule has 0 aliphatic heterocycles. The van der Waals surface area contributed by atoms with Gasteiger partial charge >= 0.3 is 0 Å². The lowest BCUT2D eigenvalue weighted by molar-refractivity contribution is 0.340. The topological polar surface area (TPSA) is 56.5 Å². The summed E-state index contributed by atoms with van der Waals surface area (Å²) in [5, 5.41) is 4.85. The van der Waals surface area contributed by atoms with Gasteiger partial charge in [-0.3, -0.25) is 4.79 Å². The molecule has 0 radical (unpaired) electrons. The second-order valence-corrected chi connectivity index (χ2v) is 5.01. The number of hydrogen-bond acceptors (Lipinski definition) is 4. The molecule has 5 heteroatoms. The van der Waals surface area contributed by atoms with E-state index in [0.717, 1.165) is 11.3 Å². The van der Waals surface area contributed by atoms with E-state index in [-0.39, 0.29) is 5.56 Å². The minimum Gasteiger partial charge on any atom is -0.493 e. The maximum Gasteiger partial charge on any atom is 0.282 e. The molecule has 5 nitrogen and oxygen atoms in total. The predicted octanol–water partition coefficient (Wildman–Crippen LogP) is 2.99. The first-order valence-corrected chi connectivity index (χ1v) is 7.45. The first-order chi connectivity index (χ1) is 11.2. The van der Waals surface area contributed by atoms with Crippen LogP contribution in [-0.2, 0) is 0 Å². The Hall–Kier alpha value is -2.95. The predicted molar refractivity (Wildman–Crippen MR) is 91.3 cm³/mol. The zero-order chi connectivity index (χ0) is 16.2. The minimum absolute atomic E-state index is 0.182. The normalized spacial score (nSPS) is 11.2. The summed E-state index contributed by atoms with van der Waals surface area (Å²) < 4.78 is 6.87. The monoisotopic (exact) mass is 307 g/mol. The first-order valence-electron chi connectivity index (χ1n) is 7.45. The van der Waals surface area contributed by atoms with Crippen molar-refractivity contribution in [3.8, 4) is 5.75 Å². The van der Waals surface area contributed by atoms with Gasteiger partial charge in [-0.05, 0) is 38.1 Å². The van der Waals surface area contributed by atoms with Crippen molar-refractivity contribution >= 4 is 17.1 Å². The molecule has 0 aliphatic carbocycles. The molecule has 23 heavy (non-hydrogen) atoms. The highest BCUT2D eigenvalue weighted by Gasteiger charge is 2.06. The van der Waals surface area contributed by atoms with Crippen LogP contribution in [0.5, 0.6) is 5.75 Å². The Labute approximate surface area is 133 Å². The van der Waals surface area contributed by atoms with Gasteiger partial charge in [0.05, 0.1) is 23.7 Å². The van der Waals surface area contributed by atoms with E-state index < -0.39 is 0 Å². The fourth-order valence-electron chi connectivity index (χ4n) is 2.36. The van der Waals surface area contributed by atoms with Crippen LogP contribution in [0.2, 0.25) is 0 Å². The summed E-state index contributed by atoms with van der Waals surface area (Å²) in [7, 11) is 0. The molecule has 0 amide bonds. The van der Waals surface area contributed by atoms with Gasteiger partial charge in [-0.25, -0.2) is 4.98 Å². The Kier molecular flexibility index (Phi) is 4.19. The van der Waals surface area contributed by atoms with Gasteiger partial charge in [0.2, 0.25) is 0 Å². The summed E-state index contributed by atoms with van der Waals surface area (Å²) in [6, 6.07) is 14.8. The van der Waals surface area contributed by atoms with E-state index in [1.165, 1.54) is 4.68 Å². The van der Waals surface area contributed by atoms with Gasteiger partial charge in [0.15, 0.2) is 0 Å². The van der Waals surface area contributed by atoms with Gasteiger partial charge < -0.3 is 4.74 Å². The van der Waals surface area contributed by atoms with E-state index in [1.54, 1.807) is 19.2 Å². The van der Waals surface area contributed by atoms with Crippen LogP contribution in [0.15, 0.2) is 58.4 Å². The van der Waals surface area contributed by atoms with Crippen LogP contribution in [0, 0.1) is 6.92 Å². The molecule has 0 N–H and O–H groups in total. The van der Waals surface area contributed by atoms with E-state index in [0.29, 0.717) is 23.3 Å². The largest absolute Gasteiger partial charge is 0.493 e. The van der Waals surface area contributed by atoms with E-state index in [2.05, 4.69) is 10.1 Å². The Morgan fingerprint density at radius 2 is 1.91 bits per heavy atom. The van der Waals surface area contributed by atoms with E-state index in [9.17, 15) is 4.79 Å². The fourth-order valence-corrected chi connectivity index (χ4v) is 2.36. The molecule has 0 saturated carbocycles. The maximum absolute atomic E-state index is 12.6. The lowest BCUT2D eigenvalue weighted by Crippen LogP contribution is -2.20. The number of ether oxygens (including phenoxy) is 1. The molecular weight excluding hydrogens is 290 g/mol. The molecule has 0 spiro atoms. The quantitative estimate of drug-likeness (QED) is 0.696. The van der Waals surface area contributed by atoms with E-state index in [1.807, 2.05) is 49.4 Å². The average Bonchev–Trinajstić information content (AvgIpc) is 2.56. The third-order valence-corrected chi connectivity index (χ3v) is 3.45. The molecule has 116 valence electrons. The van der Waals surface area contributed by atoms with Crippen LogP contribution in [0.4, 0.5) is 0 Å². The highest BCUT2D eigenvalue weighted by atomic mass is 16.5. The molecule has 1 aromatic heterocycles. The molecule has 2 aromatic carbocycles. The Balaban J connectivity index is 2.07. The highest BCUT2D eigenvalue weighted by molar-refractivity contribution is 5.83. The molecule has 0 saturated heterocycles. The SMILES string of the molecule is CCOc1ccccc1/C=N/n1c(C)nc2ccccc2c1=O. The molecular formula is C18H17N3O2. The van der Waals surface area contributed by atoms with Crippen molar-refractivity contribution in [2.75, 3.05) is 6.61 Å². The van der Waals surface area contributed by atoms with Crippen LogP contribution in [0.3, 0.4) is 0 Å². The minimum atomic E-state index is -0.182. The lowest BCUT2D eigenvalue weighted by Gasteiger charge is -2.07. The third-order valence-electron chi connectivity index (χ3n) is 3.45. The van der Waals surface area contributed by atoms with E-state index in [4.69, 9.17) is 4.74 Å². The van der Waals surface area contributed by atoms with Gasteiger partial charge in [0.25, 0.3) is 5.56 Å². The Morgan fingerprint density at radius 1 is 1.17 bits per heavy atom. The number of hydrogen-bond donors (Lipinski definition) is 0. The number of para-hydroxylation sites is 2. The van der Waals surface area contributed by atoms with Crippen molar-refractivity contribution in [1.82, 2.24) is 9.66 Å². The fraction of sp³-hybridized carbons (Fsp3) is 0.167. The molecule has 0 fully saturated rings. The summed E-state index contributed by atoms with van der Waals surface area (Å²) in [5.74, 6) is 1.28. The van der Waals surface area contributed by atoms with Gasteiger partial charge in [0, 0.05) is 5.56 Å². The lowest BCUT2D eigenvalue weighted by atomic mass is 10.2. The van der Waals surface area contributed by atoms with Gasteiger partial charge in [-0.15, -0.1) is 0 Å². The van der Waals surface area contributed by atoms with Crippen molar-refractivity contribution in [3.63, 3.8) is 0 Å². The van der Waals surface area contributed by atoms with E-state index >= 15 is 0 Å². The van der Waals surface area contributed by atoms with Crippen LogP contribution in [0.1, 0.15) is 18.3 Å². The van der Waals surface area contributed by atoms with Crippen molar-refractivity contribution in [3.05, 3.63) is 70.3 Å². The molecule has 3 aromatic rings. The van der Waals surface area contributed by atoms with Crippen molar-refractivity contribution in [2.24, 2.45) is 5.10 Å². The standard InChI is InChI=1S/C18H17N3O2/c1-3-23-17-11-7-4-8-14(17)12-19-21-13(2)20-16-10-6-5-9-15(16)18(21)22/h4-12H,3H2,1-2H3/b19-12+. The highest BCUT2D eigenvalue weighted by Crippen LogP contribution is 2.16. The van der Waals surface area contributed by atoms with Gasteiger partial charge in [-0.2, -0.15) is 9.78 Å². The van der Waals surface area contributed by atoms with Crippen molar-refractivity contribution in [2.45, 2.75) is 13.8 Å².